The van der Waals surface area contributed by atoms with Crippen LogP contribution in [0.1, 0.15) is 18.6 Å². The van der Waals surface area contributed by atoms with E-state index in [1.807, 2.05) is 42.5 Å². The number of hydrogen-bond donors (Lipinski definition) is 2. The second-order valence-corrected chi connectivity index (χ2v) is 6.63. The number of nitrogens with one attached hydrogen (secondary N) is 1. The first-order chi connectivity index (χ1) is 10.7. The molecule has 1 atom stereocenters. The van der Waals surface area contributed by atoms with Gasteiger partial charge in [0.05, 0.1) is 13.1 Å². The molecule has 2 aromatic rings. The third-order valence-corrected chi connectivity index (χ3v) is 5.11. The number of rotatable bonds is 2. The number of benzene rings is 1. The largest absolute Gasteiger partial charge is 0.457 e. The number of halogens is 1. The molecule has 0 amide bonds. The van der Waals surface area contributed by atoms with Gasteiger partial charge in [0, 0.05) is 35.4 Å². The van der Waals surface area contributed by atoms with Crippen LogP contribution in [0.3, 0.4) is 0 Å². The average Bonchev–Trinajstić information content (AvgIpc) is 3.01. The van der Waals surface area contributed by atoms with Crippen LogP contribution in [0.25, 0.3) is 17.4 Å². The van der Waals surface area contributed by atoms with Crippen LogP contribution in [0.2, 0.25) is 5.02 Å². The lowest BCUT2D eigenvalue weighted by Crippen LogP contribution is -3.14. The van der Waals surface area contributed by atoms with Gasteiger partial charge in [0.25, 0.3) is 0 Å². The fourth-order valence-electron chi connectivity index (χ4n) is 3.60. The monoisotopic (exact) mass is 316 g/mol. The minimum absolute atomic E-state index is 0.318. The standard InChI is InChI=1S/C18H18ClNO2/c19-14-3-1-12(2-4-14)17-6-5-15(22-17)11-16-18(21)13-7-9-20(16)10-8-13/h1-6,11,13,18,21H,7-10H2/p+1/b16-11-/t18-/m0/s1. The van der Waals surface area contributed by atoms with Crippen LogP contribution >= 0.6 is 11.6 Å². The van der Waals surface area contributed by atoms with E-state index in [2.05, 4.69) is 0 Å². The third-order valence-electron chi connectivity index (χ3n) is 4.86. The molecule has 4 heteroatoms. The van der Waals surface area contributed by atoms with Gasteiger partial charge in [0.1, 0.15) is 23.3 Å². The van der Waals surface area contributed by atoms with Crippen molar-refractivity contribution in [3.8, 4) is 11.3 Å². The highest BCUT2D eigenvalue weighted by atomic mass is 35.5. The molecule has 0 spiro atoms. The number of hydrogen-bond acceptors (Lipinski definition) is 2. The first kappa shape index (κ1) is 14.1. The van der Waals surface area contributed by atoms with Crippen LogP contribution in [0.15, 0.2) is 46.5 Å². The molecule has 4 heterocycles. The quantitative estimate of drug-likeness (QED) is 0.894. The maximum absolute atomic E-state index is 10.4. The van der Waals surface area contributed by atoms with Gasteiger partial charge in [-0.25, -0.2) is 0 Å². The van der Waals surface area contributed by atoms with Crippen molar-refractivity contribution in [1.82, 2.24) is 0 Å². The van der Waals surface area contributed by atoms with Gasteiger partial charge in [-0.2, -0.15) is 0 Å². The summed E-state index contributed by atoms with van der Waals surface area (Å²) in [5, 5.41) is 11.1. The summed E-state index contributed by atoms with van der Waals surface area (Å²) >= 11 is 5.91. The molecule has 3 aliphatic heterocycles. The van der Waals surface area contributed by atoms with Crippen molar-refractivity contribution in [2.45, 2.75) is 18.9 Å². The Balaban J connectivity index is 1.62. The van der Waals surface area contributed by atoms with E-state index in [0.717, 1.165) is 53.7 Å². The zero-order valence-electron chi connectivity index (χ0n) is 12.3. The molecule has 0 radical (unpaired) electrons. The zero-order valence-corrected chi connectivity index (χ0v) is 13.0. The summed E-state index contributed by atoms with van der Waals surface area (Å²) in [6, 6.07) is 11.5. The Morgan fingerprint density at radius 3 is 2.50 bits per heavy atom. The Morgan fingerprint density at radius 1 is 1.09 bits per heavy atom. The number of furan rings is 1. The molecule has 1 aromatic carbocycles. The highest BCUT2D eigenvalue weighted by Crippen LogP contribution is 2.28. The van der Waals surface area contributed by atoms with Gasteiger partial charge in [0.2, 0.25) is 0 Å². The lowest BCUT2D eigenvalue weighted by Gasteiger charge is -2.40. The Kier molecular flexibility index (Phi) is 3.57. The minimum atomic E-state index is -0.318. The molecule has 114 valence electrons. The van der Waals surface area contributed by atoms with E-state index < -0.39 is 0 Å². The second-order valence-electron chi connectivity index (χ2n) is 6.19. The summed E-state index contributed by atoms with van der Waals surface area (Å²) in [5.74, 6) is 2.05. The molecule has 3 fully saturated rings. The van der Waals surface area contributed by atoms with Crippen molar-refractivity contribution < 1.29 is 14.4 Å². The molecule has 3 nitrogen and oxygen atoms in total. The minimum Gasteiger partial charge on any atom is -0.457 e. The Hall–Kier alpha value is -1.55. The highest BCUT2D eigenvalue weighted by molar-refractivity contribution is 6.30. The predicted molar refractivity (Wildman–Crippen MR) is 86.6 cm³/mol. The second kappa shape index (κ2) is 5.58. The molecule has 0 aliphatic carbocycles. The summed E-state index contributed by atoms with van der Waals surface area (Å²) < 4.78 is 5.92. The SMILES string of the molecule is O[C@@H]1/C(=C/c2ccc(-c3ccc(Cl)cc3)o2)[NH+]2CCC1CC2. The molecule has 3 saturated heterocycles. The van der Waals surface area contributed by atoms with E-state index >= 15 is 0 Å². The molecule has 0 saturated carbocycles. The van der Waals surface area contributed by atoms with Crippen molar-refractivity contribution in [3.05, 3.63) is 52.9 Å². The van der Waals surface area contributed by atoms with E-state index in [-0.39, 0.29) is 6.10 Å². The molecule has 3 aliphatic rings. The van der Waals surface area contributed by atoms with Crippen molar-refractivity contribution >= 4 is 17.7 Å². The third kappa shape index (κ3) is 2.50. The molecular formula is C18H19ClNO2+. The summed E-state index contributed by atoms with van der Waals surface area (Å²) in [4.78, 5) is 1.40. The first-order valence-corrected chi connectivity index (χ1v) is 8.19. The molecule has 0 unspecified atom stereocenters. The molecule has 2 N–H and O–H groups in total. The maximum Gasteiger partial charge on any atom is 0.140 e. The van der Waals surface area contributed by atoms with E-state index in [0.29, 0.717) is 5.92 Å². The Labute approximate surface area is 134 Å². The number of piperidine rings is 3. The number of aliphatic hydroxyl groups is 1. The van der Waals surface area contributed by atoms with Gasteiger partial charge in [-0.1, -0.05) is 11.6 Å². The van der Waals surface area contributed by atoms with E-state index in [4.69, 9.17) is 16.0 Å². The smallest absolute Gasteiger partial charge is 0.140 e. The molecular weight excluding hydrogens is 298 g/mol. The van der Waals surface area contributed by atoms with Gasteiger partial charge in [-0.05, 0) is 36.4 Å². The molecule has 5 rings (SSSR count). The summed E-state index contributed by atoms with van der Waals surface area (Å²) in [6.45, 7) is 2.25. The van der Waals surface area contributed by atoms with E-state index in [1.165, 1.54) is 4.90 Å². The normalized spacial score (nSPS) is 29.2. The maximum atomic E-state index is 10.4. The van der Waals surface area contributed by atoms with Crippen molar-refractivity contribution in [2.24, 2.45) is 5.92 Å². The topological polar surface area (TPSA) is 37.8 Å². The molecule has 1 aromatic heterocycles. The number of aliphatic hydroxyl groups excluding tert-OH is 1. The van der Waals surface area contributed by atoms with Gasteiger partial charge >= 0.3 is 0 Å². The van der Waals surface area contributed by atoms with Crippen molar-refractivity contribution in [2.75, 3.05) is 13.1 Å². The zero-order chi connectivity index (χ0) is 15.1. The van der Waals surface area contributed by atoms with Crippen LogP contribution in [-0.4, -0.2) is 24.3 Å². The predicted octanol–water partition coefficient (Wildman–Crippen LogP) is 2.61. The number of quaternary nitrogens is 1. The lowest BCUT2D eigenvalue weighted by molar-refractivity contribution is -0.880. The number of fused-ring (bicyclic) bond motifs is 3. The van der Waals surface area contributed by atoms with Crippen molar-refractivity contribution in [1.29, 1.82) is 0 Å². The van der Waals surface area contributed by atoms with E-state index in [9.17, 15) is 5.11 Å². The fourth-order valence-corrected chi connectivity index (χ4v) is 3.72. The van der Waals surface area contributed by atoms with Crippen LogP contribution in [0.5, 0.6) is 0 Å². The lowest BCUT2D eigenvalue weighted by atomic mass is 9.83. The van der Waals surface area contributed by atoms with Crippen LogP contribution < -0.4 is 4.90 Å². The molecule has 2 bridgehead atoms. The van der Waals surface area contributed by atoms with E-state index in [1.54, 1.807) is 0 Å². The van der Waals surface area contributed by atoms with Gasteiger partial charge in [-0.15, -0.1) is 0 Å². The molecule has 22 heavy (non-hydrogen) atoms. The van der Waals surface area contributed by atoms with Crippen LogP contribution in [0.4, 0.5) is 0 Å². The fraction of sp³-hybridized carbons (Fsp3) is 0.333. The average molecular weight is 317 g/mol. The van der Waals surface area contributed by atoms with Gasteiger partial charge in [0.15, 0.2) is 0 Å². The van der Waals surface area contributed by atoms with Gasteiger partial charge in [-0.3, -0.25) is 0 Å². The van der Waals surface area contributed by atoms with Crippen LogP contribution in [0, 0.1) is 5.92 Å². The Bertz CT molecular complexity index is 692. The summed E-state index contributed by atoms with van der Waals surface area (Å²) in [6.07, 6.45) is 3.95. The van der Waals surface area contributed by atoms with Crippen LogP contribution in [-0.2, 0) is 0 Å². The summed E-state index contributed by atoms with van der Waals surface area (Å²) in [7, 11) is 0. The highest BCUT2D eigenvalue weighted by Gasteiger charge is 2.41. The Morgan fingerprint density at radius 2 is 1.82 bits per heavy atom. The summed E-state index contributed by atoms with van der Waals surface area (Å²) in [5.41, 5.74) is 2.09. The van der Waals surface area contributed by atoms with Crippen molar-refractivity contribution in [3.63, 3.8) is 0 Å². The van der Waals surface area contributed by atoms with Gasteiger partial charge < -0.3 is 14.4 Å². The first-order valence-electron chi connectivity index (χ1n) is 7.81.